The predicted molar refractivity (Wildman–Crippen MR) is 75.3 cm³/mol. The van der Waals surface area contributed by atoms with Crippen LogP contribution >= 0.6 is 11.3 Å². The second-order valence-electron chi connectivity index (χ2n) is 3.97. The summed E-state index contributed by atoms with van der Waals surface area (Å²) in [5, 5.41) is 6.39. The number of rotatable bonds is 4. The Hall–Kier alpha value is -1.61. The van der Waals surface area contributed by atoms with E-state index in [4.69, 9.17) is 0 Å². The molecule has 0 atom stereocenters. The first-order valence-corrected chi connectivity index (χ1v) is 6.54. The van der Waals surface area contributed by atoms with Gasteiger partial charge in [0.2, 0.25) is 0 Å². The highest BCUT2D eigenvalue weighted by atomic mass is 32.1. The SMILES string of the molecule is C=C(CC)Nc1cc(C)ccc1-c1nccs1. The van der Waals surface area contributed by atoms with E-state index in [-0.39, 0.29) is 0 Å². The Morgan fingerprint density at radius 2 is 2.29 bits per heavy atom. The second-order valence-corrected chi connectivity index (χ2v) is 4.86. The van der Waals surface area contributed by atoms with Gasteiger partial charge in [-0.25, -0.2) is 4.98 Å². The number of benzene rings is 1. The van der Waals surface area contributed by atoms with Crippen LogP contribution in [0.25, 0.3) is 10.6 Å². The lowest BCUT2D eigenvalue weighted by molar-refractivity contribution is 1.11. The summed E-state index contributed by atoms with van der Waals surface area (Å²) in [7, 11) is 0. The van der Waals surface area contributed by atoms with Gasteiger partial charge in [-0.2, -0.15) is 0 Å². The number of nitrogens with zero attached hydrogens (tertiary/aromatic N) is 1. The quantitative estimate of drug-likeness (QED) is 0.859. The van der Waals surface area contributed by atoms with Crippen LogP contribution in [-0.4, -0.2) is 4.98 Å². The van der Waals surface area contributed by atoms with E-state index in [0.717, 1.165) is 28.4 Å². The van der Waals surface area contributed by atoms with Gasteiger partial charge in [0.1, 0.15) is 5.01 Å². The minimum absolute atomic E-state index is 0.922. The topological polar surface area (TPSA) is 24.9 Å². The van der Waals surface area contributed by atoms with Gasteiger partial charge in [0.25, 0.3) is 0 Å². The molecule has 0 aliphatic carbocycles. The van der Waals surface area contributed by atoms with Crippen molar-refractivity contribution in [3.8, 4) is 10.6 Å². The van der Waals surface area contributed by atoms with Gasteiger partial charge in [0.15, 0.2) is 0 Å². The van der Waals surface area contributed by atoms with E-state index >= 15 is 0 Å². The maximum Gasteiger partial charge on any atom is 0.125 e. The van der Waals surface area contributed by atoms with E-state index in [0.29, 0.717) is 0 Å². The van der Waals surface area contributed by atoms with E-state index in [9.17, 15) is 0 Å². The summed E-state index contributed by atoms with van der Waals surface area (Å²) in [4.78, 5) is 4.36. The third-order valence-electron chi connectivity index (χ3n) is 2.58. The number of aromatic nitrogens is 1. The molecule has 88 valence electrons. The van der Waals surface area contributed by atoms with Crippen molar-refractivity contribution in [1.82, 2.24) is 4.98 Å². The van der Waals surface area contributed by atoms with Crippen molar-refractivity contribution in [2.24, 2.45) is 0 Å². The zero-order valence-electron chi connectivity index (χ0n) is 10.2. The summed E-state index contributed by atoms with van der Waals surface area (Å²) in [6, 6.07) is 6.35. The number of nitrogens with one attached hydrogen (secondary N) is 1. The molecule has 1 aromatic carbocycles. The van der Waals surface area contributed by atoms with Gasteiger partial charge in [-0.3, -0.25) is 0 Å². The molecule has 2 nitrogen and oxygen atoms in total. The zero-order chi connectivity index (χ0) is 12.3. The van der Waals surface area contributed by atoms with Crippen LogP contribution in [-0.2, 0) is 0 Å². The van der Waals surface area contributed by atoms with Crippen LogP contribution in [0.15, 0.2) is 42.1 Å². The Morgan fingerprint density at radius 1 is 1.47 bits per heavy atom. The van der Waals surface area contributed by atoms with Crippen LogP contribution in [0.1, 0.15) is 18.9 Å². The van der Waals surface area contributed by atoms with Crippen LogP contribution < -0.4 is 5.32 Å². The normalized spacial score (nSPS) is 10.2. The second kappa shape index (κ2) is 5.15. The monoisotopic (exact) mass is 244 g/mol. The summed E-state index contributed by atoms with van der Waals surface area (Å²) in [6.45, 7) is 8.17. The molecule has 3 heteroatoms. The third kappa shape index (κ3) is 2.74. The molecule has 0 unspecified atom stereocenters. The lowest BCUT2D eigenvalue weighted by Crippen LogP contribution is -1.99. The summed E-state index contributed by atoms with van der Waals surface area (Å²) in [5.74, 6) is 0. The molecule has 0 aliphatic heterocycles. The first-order valence-electron chi connectivity index (χ1n) is 5.66. The summed E-state index contributed by atoms with van der Waals surface area (Å²) in [6.07, 6.45) is 2.75. The Morgan fingerprint density at radius 3 is 2.94 bits per heavy atom. The molecular weight excluding hydrogens is 228 g/mol. The number of allylic oxidation sites excluding steroid dienone is 1. The van der Waals surface area contributed by atoms with Crippen molar-refractivity contribution in [2.45, 2.75) is 20.3 Å². The average Bonchev–Trinajstić information content (AvgIpc) is 2.82. The maximum atomic E-state index is 4.36. The highest BCUT2D eigenvalue weighted by Crippen LogP contribution is 2.31. The number of hydrogen-bond acceptors (Lipinski definition) is 3. The molecule has 0 fully saturated rings. The number of anilines is 1. The van der Waals surface area contributed by atoms with Gasteiger partial charge < -0.3 is 5.32 Å². The number of hydrogen-bond donors (Lipinski definition) is 1. The van der Waals surface area contributed by atoms with Crippen LogP contribution in [0.4, 0.5) is 5.69 Å². The minimum Gasteiger partial charge on any atom is -0.359 e. The lowest BCUT2D eigenvalue weighted by atomic mass is 10.1. The van der Waals surface area contributed by atoms with Crippen molar-refractivity contribution in [3.05, 3.63) is 47.6 Å². The molecule has 1 aromatic heterocycles. The maximum absolute atomic E-state index is 4.36. The highest BCUT2D eigenvalue weighted by Gasteiger charge is 2.07. The highest BCUT2D eigenvalue weighted by molar-refractivity contribution is 7.13. The Balaban J connectivity index is 2.41. The summed E-state index contributed by atoms with van der Waals surface area (Å²) < 4.78 is 0. The first kappa shape index (κ1) is 11.9. The van der Waals surface area contributed by atoms with Crippen molar-refractivity contribution < 1.29 is 0 Å². The smallest absolute Gasteiger partial charge is 0.125 e. The first-order chi connectivity index (χ1) is 8.20. The van der Waals surface area contributed by atoms with Crippen molar-refractivity contribution >= 4 is 17.0 Å². The van der Waals surface area contributed by atoms with Gasteiger partial charge in [0, 0.05) is 28.5 Å². The van der Waals surface area contributed by atoms with Crippen molar-refractivity contribution in [1.29, 1.82) is 0 Å². The summed E-state index contributed by atoms with van der Waals surface area (Å²) >= 11 is 1.65. The molecule has 1 N–H and O–H groups in total. The van der Waals surface area contributed by atoms with E-state index in [1.807, 2.05) is 11.6 Å². The Labute approximate surface area is 106 Å². The fourth-order valence-electron chi connectivity index (χ4n) is 1.58. The molecule has 17 heavy (non-hydrogen) atoms. The predicted octanol–water partition coefficient (Wildman–Crippen LogP) is 4.45. The van der Waals surface area contributed by atoms with Gasteiger partial charge in [-0.05, 0) is 31.0 Å². The van der Waals surface area contributed by atoms with Crippen LogP contribution in [0.5, 0.6) is 0 Å². The van der Waals surface area contributed by atoms with Gasteiger partial charge >= 0.3 is 0 Å². The standard InChI is InChI=1S/C14H16N2S/c1-4-11(3)16-13-9-10(2)5-6-12(13)14-15-7-8-17-14/h5-9,16H,3-4H2,1-2H3. The third-order valence-corrected chi connectivity index (χ3v) is 3.38. The largest absolute Gasteiger partial charge is 0.359 e. The van der Waals surface area contributed by atoms with Crippen LogP contribution in [0.2, 0.25) is 0 Å². The Kier molecular flexibility index (Phi) is 3.59. The molecule has 0 bridgehead atoms. The zero-order valence-corrected chi connectivity index (χ0v) is 11.0. The fourth-order valence-corrected chi connectivity index (χ4v) is 2.26. The molecule has 0 aliphatic rings. The van der Waals surface area contributed by atoms with E-state index in [1.165, 1.54) is 5.56 Å². The van der Waals surface area contributed by atoms with Crippen LogP contribution in [0.3, 0.4) is 0 Å². The van der Waals surface area contributed by atoms with Gasteiger partial charge in [-0.15, -0.1) is 11.3 Å². The number of aryl methyl sites for hydroxylation is 1. The van der Waals surface area contributed by atoms with E-state index in [2.05, 4.69) is 48.9 Å². The molecule has 0 amide bonds. The Bertz CT molecular complexity index is 515. The van der Waals surface area contributed by atoms with Crippen LogP contribution in [0, 0.1) is 6.92 Å². The molecule has 2 rings (SSSR count). The molecule has 0 radical (unpaired) electrons. The van der Waals surface area contributed by atoms with E-state index in [1.54, 1.807) is 11.3 Å². The van der Waals surface area contributed by atoms with Crippen molar-refractivity contribution in [2.75, 3.05) is 5.32 Å². The fraction of sp³-hybridized carbons (Fsp3) is 0.214. The lowest BCUT2D eigenvalue weighted by Gasteiger charge is -2.12. The van der Waals surface area contributed by atoms with E-state index < -0.39 is 0 Å². The van der Waals surface area contributed by atoms with Gasteiger partial charge in [-0.1, -0.05) is 19.6 Å². The molecule has 0 spiro atoms. The van der Waals surface area contributed by atoms with Gasteiger partial charge in [0.05, 0.1) is 0 Å². The average molecular weight is 244 g/mol. The molecular formula is C14H16N2S. The van der Waals surface area contributed by atoms with Crippen molar-refractivity contribution in [3.63, 3.8) is 0 Å². The molecule has 2 aromatic rings. The molecule has 1 heterocycles. The molecule has 0 saturated carbocycles. The summed E-state index contributed by atoms with van der Waals surface area (Å²) in [5.41, 5.74) is 4.48. The number of thiazole rings is 1. The molecule has 0 saturated heterocycles. The minimum atomic E-state index is 0.922.